The number of carbonyl (C=O) groups excluding carboxylic acids is 1. The predicted octanol–water partition coefficient (Wildman–Crippen LogP) is 3.45. The molecule has 37 heavy (non-hydrogen) atoms. The summed E-state index contributed by atoms with van der Waals surface area (Å²) in [6, 6.07) is 10.4. The number of pyridine rings is 1. The fraction of sp³-hybridized carbons (Fsp3) is 0.321. The van der Waals surface area contributed by atoms with Crippen LogP contribution in [-0.4, -0.2) is 72.1 Å². The largest absolute Gasteiger partial charge is 0.354 e. The van der Waals surface area contributed by atoms with Gasteiger partial charge in [-0.3, -0.25) is 4.79 Å². The zero-order valence-electron chi connectivity index (χ0n) is 21.2. The highest BCUT2D eigenvalue weighted by molar-refractivity contribution is 6.03. The molecule has 1 fully saturated rings. The Kier molecular flexibility index (Phi) is 6.84. The van der Waals surface area contributed by atoms with Gasteiger partial charge in [-0.2, -0.15) is 5.26 Å². The van der Waals surface area contributed by atoms with Crippen molar-refractivity contribution in [1.82, 2.24) is 19.9 Å². The van der Waals surface area contributed by atoms with Crippen LogP contribution < -0.4 is 15.1 Å². The van der Waals surface area contributed by atoms with Crippen molar-refractivity contribution in [2.24, 2.45) is 0 Å². The Balaban J connectivity index is 1.48. The average molecular weight is 495 g/mol. The molecular formula is C28H30N8O. The number of carbonyl (C=O) groups is 1. The molecule has 1 N–H and O–H groups in total. The number of benzene rings is 1. The van der Waals surface area contributed by atoms with Gasteiger partial charge in [0.1, 0.15) is 11.9 Å². The van der Waals surface area contributed by atoms with Crippen LogP contribution in [0.5, 0.6) is 0 Å². The minimum Gasteiger partial charge on any atom is -0.354 e. The number of amides is 1. The van der Waals surface area contributed by atoms with Crippen LogP contribution in [0.4, 0.5) is 17.5 Å². The number of anilines is 3. The molecule has 0 bridgehead atoms. The molecule has 9 nitrogen and oxygen atoms in total. The van der Waals surface area contributed by atoms with Gasteiger partial charge in [-0.15, -0.1) is 0 Å². The van der Waals surface area contributed by atoms with E-state index in [1.807, 2.05) is 12.1 Å². The summed E-state index contributed by atoms with van der Waals surface area (Å²) in [5, 5.41) is 14.5. The third kappa shape index (κ3) is 5.15. The van der Waals surface area contributed by atoms with Gasteiger partial charge >= 0.3 is 0 Å². The van der Waals surface area contributed by atoms with Gasteiger partial charge in [-0.05, 0) is 61.2 Å². The van der Waals surface area contributed by atoms with Gasteiger partial charge < -0.3 is 20.0 Å². The molecule has 2 aliphatic heterocycles. The monoisotopic (exact) mass is 494 g/mol. The molecular weight excluding hydrogens is 464 g/mol. The molecule has 2 aliphatic rings. The molecule has 1 unspecified atom stereocenters. The minimum atomic E-state index is -0.148. The van der Waals surface area contributed by atoms with Crippen LogP contribution in [0, 0.1) is 11.3 Å². The van der Waals surface area contributed by atoms with Crippen LogP contribution in [0.2, 0.25) is 0 Å². The molecule has 1 saturated heterocycles. The first-order valence-corrected chi connectivity index (χ1v) is 12.4. The maximum Gasteiger partial charge on any atom is 0.250 e. The first-order valence-electron chi connectivity index (χ1n) is 12.4. The molecule has 3 aromatic rings. The van der Waals surface area contributed by atoms with Crippen LogP contribution in [0.1, 0.15) is 24.1 Å². The SMILES string of the molecule is C=CC(=O)N(C)c1ccc2c(N3CCC(Nc4ncc(C#N)cn4)C3)nc(C3=CCN(C)CC3)cc2c1. The lowest BCUT2D eigenvalue weighted by Crippen LogP contribution is -2.28. The molecule has 1 atom stereocenters. The highest BCUT2D eigenvalue weighted by Gasteiger charge is 2.26. The second kappa shape index (κ2) is 10.4. The number of fused-ring (bicyclic) bond motifs is 1. The maximum absolute atomic E-state index is 12.2. The van der Waals surface area contributed by atoms with E-state index in [2.05, 4.69) is 63.0 Å². The molecule has 1 amide bonds. The van der Waals surface area contributed by atoms with E-state index in [1.54, 1.807) is 11.9 Å². The van der Waals surface area contributed by atoms with Crippen molar-refractivity contribution in [3.63, 3.8) is 0 Å². The van der Waals surface area contributed by atoms with Gasteiger partial charge in [0.25, 0.3) is 0 Å². The number of nitrogens with zero attached hydrogens (tertiary/aromatic N) is 7. The molecule has 188 valence electrons. The van der Waals surface area contributed by atoms with Crippen molar-refractivity contribution in [3.05, 3.63) is 66.6 Å². The van der Waals surface area contributed by atoms with Crippen molar-refractivity contribution < 1.29 is 4.79 Å². The number of hydrogen-bond acceptors (Lipinski definition) is 8. The van der Waals surface area contributed by atoms with E-state index in [1.165, 1.54) is 24.0 Å². The molecule has 0 radical (unpaired) electrons. The summed E-state index contributed by atoms with van der Waals surface area (Å²) in [7, 11) is 3.88. The zero-order valence-corrected chi connectivity index (χ0v) is 21.2. The third-order valence-electron chi connectivity index (χ3n) is 7.03. The lowest BCUT2D eigenvalue weighted by atomic mass is 10.0. The van der Waals surface area contributed by atoms with Crippen LogP contribution in [0.3, 0.4) is 0 Å². The highest BCUT2D eigenvalue weighted by atomic mass is 16.2. The Morgan fingerprint density at radius 1 is 1.27 bits per heavy atom. The highest BCUT2D eigenvalue weighted by Crippen LogP contribution is 2.34. The second-order valence-corrected chi connectivity index (χ2v) is 9.56. The summed E-state index contributed by atoms with van der Waals surface area (Å²) in [5.41, 5.74) is 3.49. The number of hydrogen-bond donors (Lipinski definition) is 1. The van der Waals surface area contributed by atoms with E-state index < -0.39 is 0 Å². The summed E-state index contributed by atoms with van der Waals surface area (Å²) < 4.78 is 0. The number of nitrogens with one attached hydrogen (secondary N) is 1. The van der Waals surface area contributed by atoms with Crippen LogP contribution >= 0.6 is 0 Å². The Morgan fingerprint density at radius 2 is 2.08 bits per heavy atom. The molecule has 1 aromatic carbocycles. The quantitative estimate of drug-likeness (QED) is 0.520. The summed E-state index contributed by atoms with van der Waals surface area (Å²) in [4.78, 5) is 32.1. The van der Waals surface area contributed by atoms with Crippen molar-refractivity contribution in [3.8, 4) is 6.07 Å². The Morgan fingerprint density at radius 3 is 2.78 bits per heavy atom. The second-order valence-electron chi connectivity index (χ2n) is 9.56. The van der Waals surface area contributed by atoms with Gasteiger partial charge in [0.15, 0.2) is 0 Å². The number of likely N-dealkylation sites (N-methyl/N-ethyl adjacent to an activating group) is 2. The molecule has 0 spiro atoms. The van der Waals surface area contributed by atoms with E-state index in [0.717, 1.165) is 67.0 Å². The first-order chi connectivity index (χ1) is 17.9. The zero-order chi connectivity index (χ0) is 25.9. The van der Waals surface area contributed by atoms with Gasteiger partial charge in [-0.1, -0.05) is 12.7 Å². The molecule has 2 aromatic heterocycles. The van der Waals surface area contributed by atoms with E-state index >= 15 is 0 Å². The van der Waals surface area contributed by atoms with E-state index in [9.17, 15) is 4.79 Å². The Hall–Kier alpha value is -4.29. The molecule has 4 heterocycles. The normalized spacial score (nSPS) is 17.8. The lowest BCUT2D eigenvalue weighted by Gasteiger charge is -2.25. The average Bonchev–Trinajstić information content (AvgIpc) is 3.40. The van der Waals surface area contributed by atoms with Gasteiger partial charge in [0, 0.05) is 50.3 Å². The minimum absolute atomic E-state index is 0.148. The van der Waals surface area contributed by atoms with Gasteiger partial charge in [0.2, 0.25) is 11.9 Å². The molecule has 9 heteroatoms. The van der Waals surface area contributed by atoms with Crippen LogP contribution in [0.25, 0.3) is 16.3 Å². The van der Waals surface area contributed by atoms with E-state index in [4.69, 9.17) is 10.2 Å². The number of aromatic nitrogens is 3. The fourth-order valence-corrected chi connectivity index (χ4v) is 4.82. The number of rotatable bonds is 6. The summed E-state index contributed by atoms with van der Waals surface area (Å²) >= 11 is 0. The van der Waals surface area contributed by atoms with Crippen molar-refractivity contribution in [2.75, 3.05) is 55.4 Å². The van der Waals surface area contributed by atoms with Crippen LogP contribution in [-0.2, 0) is 4.79 Å². The summed E-state index contributed by atoms with van der Waals surface area (Å²) in [6.45, 7) is 7.12. The lowest BCUT2D eigenvalue weighted by molar-refractivity contribution is -0.113. The summed E-state index contributed by atoms with van der Waals surface area (Å²) in [6.07, 6.45) is 8.51. The van der Waals surface area contributed by atoms with Crippen molar-refractivity contribution in [2.45, 2.75) is 18.9 Å². The third-order valence-corrected chi connectivity index (χ3v) is 7.03. The van der Waals surface area contributed by atoms with E-state index in [-0.39, 0.29) is 11.9 Å². The first kappa shape index (κ1) is 24.4. The fourth-order valence-electron chi connectivity index (χ4n) is 4.82. The predicted molar refractivity (Wildman–Crippen MR) is 146 cm³/mol. The topological polar surface area (TPSA) is 101 Å². The van der Waals surface area contributed by atoms with Gasteiger partial charge in [-0.25, -0.2) is 15.0 Å². The number of nitriles is 1. The van der Waals surface area contributed by atoms with E-state index in [0.29, 0.717) is 11.5 Å². The van der Waals surface area contributed by atoms with Crippen molar-refractivity contribution in [1.29, 1.82) is 5.26 Å². The maximum atomic E-state index is 12.2. The Labute approximate surface area is 216 Å². The molecule has 5 rings (SSSR count). The molecule has 0 aliphatic carbocycles. The van der Waals surface area contributed by atoms with Crippen LogP contribution in [0.15, 0.2) is 55.4 Å². The van der Waals surface area contributed by atoms with Crippen molar-refractivity contribution >= 4 is 39.7 Å². The standard InChI is InChI=1S/C28H30N8O/c1-4-26(37)35(3)23-5-6-24-21(13-23)14-25(20-7-10-34(2)11-8-20)33-27(24)36-12-9-22(18-36)32-28-30-16-19(15-29)17-31-28/h4-7,13-14,16-17,22H,1,8-12,18H2,2-3H3,(H,30,31,32). The van der Waals surface area contributed by atoms with Gasteiger partial charge in [0.05, 0.1) is 23.7 Å². The Bertz CT molecular complexity index is 1410. The smallest absolute Gasteiger partial charge is 0.250 e. The summed E-state index contributed by atoms with van der Waals surface area (Å²) in [5.74, 6) is 1.32. The molecule has 0 saturated carbocycles.